The Kier molecular flexibility index (Phi) is 6.96. The van der Waals surface area contributed by atoms with E-state index in [9.17, 15) is 9.59 Å². The van der Waals surface area contributed by atoms with Gasteiger partial charge in [0.25, 0.3) is 5.91 Å². The second-order valence-electron chi connectivity index (χ2n) is 8.67. The fraction of sp³-hybridized carbons (Fsp3) is 0.682. The lowest BCUT2D eigenvalue weighted by Crippen LogP contribution is -2.45. The number of likely N-dealkylation sites (tertiary alicyclic amines) is 2. The van der Waals surface area contributed by atoms with Gasteiger partial charge in [0, 0.05) is 45.8 Å². The average Bonchev–Trinajstić information content (AvgIpc) is 3.12. The van der Waals surface area contributed by atoms with Crippen molar-refractivity contribution in [2.45, 2.75) is 44.6 Å². The van der Waals surface area contributed by atoms with Gasteiger partial charge in [0.05, 0.1) is 5.56 Å². The van der Waals surface area contributed by atoms with Gasteiger partial charge in [0.15, 0.2) is 0 Å². The molecular formula is C22H33N5O2. The topological polar surface area (TPSA) is 72.6 Å². The highest BCUT2D eigenvalue weighted by atomic mass is 16.2. The van der Waals surface area contributed by atoms with Crippen LogP contribution in [0.25, 0.3) is 0 Å². The molecule has 2 saturated heterocycles. The van der Waals surface area contributed by atoms with Crippen molar-refractivity contribution in [3.8, 4) is 6.07 Å². The van der Waals surface area contributed by atoms with Gasteiger partial charge in [0.2, 0.25) is 5.91 Å². The zero-order valence-electron chi connectivity index (χ0n) is 17.9. The summed E-state index contributed by atoms with van der Waals surface area (Å²) in [6.07, 6.45) is 7.19. The molecule has 1 aromatic heterocycles. The van der Waals surface area contributed by atoms with Crippen LogP contribution in [0.15, 0.2) is 12.3 Å². The summed E-state index contributed by atoms with van der Waals surface area (Å²) >= 11 is 0. The molecule has 1 unspecified atom stereocenters. The number of nitriles is 1. The summed E-state index contributed by atoms with van der Waals surface area (Å²) in [4.78, 5) is 31.7. The molecule has 1 atom stereocenters. The number of carbonyl (C=O) groups is 2. The van der Waals surface area contributed by atoms with Crippen LogP contribution in [-0.4, -0.2) is 77.4 Å². The maximum absolute atomic E-state index is 12.9. The summed E-state index contributed by atoms with van der Waals surface area (Å²) in [5.74, 6) is 0.566. The number of hydrogen-bond acceptors (Lipinski definition) is 4. The number of hydrogen-bond donors (Lipinski definition) is 0. The first-order chi connectivity index (χ1) is 13.9. The molecule has 0 radical (unpaired) electrons. The van der Waals surface area contributed by atoms with Gasteiger partial charge in [-0.3, -0.25) is 9.59 Å². The predicted molar refractivity (Wildman–Crippen MR) is 111 cm³/mol. The molecule has 0 saturated carbocycles. The smallest absolute Gasteiger partial charge is 0.270 e. The Bertz CT molecular complexity index is 773. The lowest BCUT2D eigenvalue weighted by molar-refractivity contribution is -0.133. The van der Waals surface area contributed by atoms with Gasteiger partial charge in [-0.25, -0.2) is 0 Å². The number of aryl methyl sites for hydroxylation is 1. The first-order valence-electron chi connectivity index (χ1n) is 10.7. The van der Waals surface area contributed by atoms with E-state index in [0.717, 1.165) is 51.7 Å². The SMILES string of the molecule is CN1CCC(N(C)C(=O)CCC2CCCN(C(=O)c3cc(C#N)cn3C)C2)CC1. The number of piperidine rings is 2. The summed E-state index contributed by atoms with van der Waals surface area (Å²) in [5, 5.41) is 9.06. The minimum atomic E-state index is -0.0199. The number of aromatic nitrogens is 1. The van der Waals surface area contributed by atoms with Gasteiger partial charge in [-0.05, 0) is 64.2 Å². The molecule has 29 heavy (non-hydrogen) atoms. The molecule has 0 spiro atoms. The van der Waals surface area contributed by atoms with E-state index < -0.39 is 0 Å². The van der Waals surface area contributed by atoms with E-state index in [1.54, 1.807) is 23.9 Å². The number of nitrogens with zero attached hydrogens (tertiary/aromatic N) is 5. The van der Waals surface area contributed by atoms with Gasteiger partial charge in [-0.2, -0.15) is 5.26 Å². The van der Waals surface area contributed by atoms with Crippen LogP contribution in [0.4, 0.5) is 0 Å². The third-order valence-electron chi connectivity index (χ3n) is 6.56. The average molecular weight is 400 g/mol. The molecule has 3 heterocycles. The predicted octanol–water partition coefficient (Wildman–Crippen LogP) is 2.08. The molecule has 1 aromatic rings. The molecule has 2 aliphatic heterocycles. The van der Waals surface area contributed by atoms with Crippen LogP contribution in [0.5, 0.6) is 0 Å². The van der Waals surface area contributed by atoms with Crippen LogP contribution in [0.3, 0.4) is 0 Å². The van der Waals surface area contributed by atoms with Gasteiger partial charge < -0.3 is 19.3 Å². The maximum atomic E-state index is 12.9. The maximum Gasteiger partial charge on any atom is 0.270 e. The van der Waals surface area contributed by atoms with Crippen molar-refractivity contribution in [2.75, 3.05) is 40.3 Å². The van der Waals surface area contributed by atoms with Crippen molar-refractivity contribution in [3.05, 3.63) is 23.5 Å². The van der Waals surface area contributed by atoms with E-state index >= 15 is 0 Å². The number of carbonyl (C=O) groups excluding carboxylic acids is 2. The molecule has 3 rings (SSSR count). The van der Waals surface area contributed by atoms with Crippen LogP contribution < -0.4 is 0 Å². The van der Waals surface area contributed by atoms with Crippen molar-refractivity contribution in [3.63, 3.8) is 0 Å². The second-order valence-corrected chi connectivity index (χ2v) is 8.67. The monoisotopic (exact) mass is 399 g/mol. The summed E-state index contributed by atoms with van der Waals surface area (Å²) in [7, 11) is 5.87. The van der Waals surface area contributed by atoms with Crippen LogP contribution in [-0.2, 0) is 11.8 Å². The van der Waals surface area contributed by atoms with E-state index in [1.165, 1.54) is 0 Å². The minimum absolute atomic E-state index is 0.0199. The van der Waals surface area contributed by atoms with E-state index in [-0.39, 0.29) is 11.8 Å². The molecule has 2 fully saturated rings. The van der Waals surface area contributed by atoms with E-state index in [4.69, 9.17) is 5.26 Å². The Morgan fingerprint density at radius 3 is 2.59 bits per heavy atom. The Labute approximate surface area is 173 Å². The van der Waals surface area contributed by atoms with Gasteiger partial charge >= 0.3 is 0 Å². The molecule has 0 aromatic carbocycles. The summed E-state index contributed by atoms with van der Waals surface area (Å²) in [6, 6.07) is 4.11. The second kappa shape index (κ2) is 9.45. The minimum Gasteiger partial charge on any atom is -0.345 e. The Hall–Kier alpha value is -2.33. The fourth-order valence-electron chi connectivity index (χ4n) is 4.58. The number of amides is 2. The van der Waals surface area contributed by atoms with Crippen LogP contribution in [0.2, 0.25) is 0 Å². The highest BCUT2D eigenvalue weighted by Crippen LogP contribution is 2.24. The van der Waals surface area contributed by atoms with Crippen molar-refractivity contribution >= 4 is 11.8 Å². The largest absolute Gasteiger partial charge is 0.345 e. The molecule has 0 N–H and O–H groups in total. The first kappa shape index (κ1) is 21.4. The first-order valence-corrected chi connectivity index (χ1v) is 10.7. The molecule has 7 heteroatoms. The zero-order valence-corrected chi connectivity index (χ0v) is 17.9. The van der Waals surface area contributed by atoms with E-state index in [1.807, 2.05) is 16.8 Å². The van der Waals surface area contributed by atoms with Crippen LogP contribution >= 0.6 is 0 Å². The van der Waals surface area contributed by atoms with E-state index in [2.05, 4.69) is 18.0 Å². The molecule has 158 valence electrons. The molecule has 0 aliphatic carbocycles. The highest BCUT2D eigenvalue weighted by molar-refractivity contribution is 5.93. The fourth-order valence-corrected chi connectivity index (χ4v) is 4.58. The highest BCUT2D eigenvalue weighted by Gasteiger charge is 2.28. The molecule has 0 bridgehead atoms. The molecule has 2 aliphatic rings. The van der Waals surface area contributed by atoms with Crippen molar-refractivity contribution < 1.29 is 9.59 Å². The number of rotatable bonds is 5. The quantitative estimate of drug-likeness (QED) is 0.760. The lowest BCUT2D eigenvalue weighted by atomic mass is 9.92. The lowest BCUT2D eigenvalue weighted by Gasteiger charge is -2.36. The summed E-state index contributed by atoms with van der Waals surface area (Å²) in [5.41, 5.74) is 1.06. The van der Waals surface area contributed by atoms with Crippen molar-refractivity contribution in [1.82, 2.24) is 19.3 Å². The molecule has 2 amide bonds. The van der Waals surface area contributed by atoms with Crippen molar-refractivity contribution in [1.29, 1.82) is 5.26 Å². The molecule has 7 nitrogen and oxygen atoms in total. The Morgan fingerprint density at radius 2 is 1.93 bits per heavy atom. The van der Waals surface area contributed by atoms with Crippen LogP contribution in [0.1, 0.15) is 54.6 Å². The van der Waals surface area contributed by atoms with Crippen LogP contribution in [0, 0.1) is 17.2 Å². The third kappa shape index (κ3) is 5.18. The standard InChI is InChI=1S/C22H33N5O2/c1-24-11-8-19(9-12-24)26(3)21(28)7-6-17-5-4-10-27(16-17)22(29)20-13-18(14-23)15-25(20)2/h13,15,17,19H,4-12,16H2,1-3H3. The Morgan fingerprint density at radius 1 is 1.21 bits per heavy atom. The van der Waals surface area contributed by atoms with Gasteiger partial charge in [-0.1, -0.05) is 0 Å². The third-order valence-corrected chi connectivity index (χ3v) is 6.56. The van der Waals surface area contributed by atoms with Gasteiger partial charge in [0.1, 0.15) is 11.8 Å². The normalized spacial score (nSPS) is 21.0. The Balaban J connectivity index is 1.50. The summed E-state index contributed by atoms with van der Waals surface area (Å²) < 4.78 is 1.73. The summed E-state index contributed by atoms with van der Waals surface area (Å²) in [6.45, 7) is 3.53. The van der Waals surface area contributed by atoms with E-state index in [0.29, 0.717) is 36.2 Å². The van der Waals surface area contributed by atoms with Gasteiger partial charge in [-0.15, -0.1) is 0 Å². The molecular weight excluding hydrogens is 366 g/mol. The van der Waals surface area contributed by atoms with Crippen molar-refractivity contribution in [2.24, 2.45) is 13.0 Å². The zero-order chi connectivity index (χ0) is 21.0.